The first-order valence-electron chi connectivity index (χ1n) is 8.77. The zero-order valence-electron chi connectivity index (χ0n) is 15.3. The van der Waals surface area contributed by atoms with Crippen LogP contribution in [0.1, 0.15) is 6.92 Å². The van der Waals surface area contributed by atoms with Crippen LogP contribution >= 0.6 is 11.6 Å². The third-order valence-electron chi connectivity index (χ3n) is 4.21. The van der Waals surface area contributed by atoms with Gasteiger partial charge >= 0.3 is 0 Å². The summed E-state index contributed by atoms with van der Waals surface area (Å²) in [6.07, 6.45) is -0.754. The summed E-state index contributed by atoms with van der Waals surface area (Å²) in [5.74, 6) is 0.130. The highest BCUT2D eigenvalue weighted by molar-refractivity contribution is 7.89. The van der Waals surface area contributed by atoms with Crippen LogP contribution in [0.3, 0.4) is 0 Å². The maximum absolute atomic E-state index is 12.6. The van der Waals surface area contributed by atoms with Gasteiger partial charge in [-0.15, -0.1) is 0 Å². The maximum Gasteiger partial charge on any atom is 0.265 e. The van der Waals surface area contributed by atoms with Crippen LogP contribution < -0.4 is 10.1 Å². The van der Waals surface area contributed by atoms with Crippen LogP contribution in [0.4, 0.5) is 5.69 Å². The number of anilines is 1. The SMILES string of the molecule is C[C@H](Oc1cccc(Cl)c1)C(=O)Nc1ccc(S(=O)(=O)N2CCOCC2)cc1. The molecule has 1 saturated heterocycles. The van der Waals surface area contributed by atoms with Gasteiger partial charge in [-0.3, -0.25) is 4.79 Å². The Kier molecular flexibility index (Phi) is 6.56. The van der Waals surface area contributed by atoms with Crippen LogP contribution in [0.15, 0.2) is 53.4 Å². The summed E-state index contributed by atoms with van der Waals surface area (Å²) in [6, 6.07) is 12.8. The van der Waals surface area contributed by atoms with Gasteiger partial charge in [0.25, 0.3) is 5.91 Å². The minimum absolute atomic E-state index is 0.177. The number of carbonyl (C=O) groups excluding carboxylic acids is 1. The molecule has 0 spiro atoms. The van der Waals surface area contributed by atoms with Crippen molar-refractivity contribution in [2.75, 3.05) is 31.6 Å². The number of nitrogens with one attached hydrogen (secondary N) is 1. The lowest BCUT2D eigenvalue weighted by Gasteiger charge is -2.26. The van der Waals surface area contributed by atoms with Gasteiger partial charge in [-0.2, -0.15) is 4.31 Å². The van der Waals surface area contributed by atoms with Crippen LogP contribution in [0.25, 0.3) is 0 Å². The Morgan fingerprint density at radius 2 is 1.86 bits per heavy atom. The molecule has 150 valence electrons. The number of ether oxygens (including phenoxy) is 2. The number of carbonyl (C=O) groups is 1. The predicted molar refractivity (Wildman–Crippen MR) is 106 cm³/mol. The van der Waals surface area contributed by atoms with Crippen LogP contribution in [0, 0.1) is 0 Å². The average molecular weight is 425 g/mol. The number of amides is 1. The first kappa shape index (κ1) is 20.6. The topological polar surface area (TPSA) is 84.9 Å². The van der Waals surface area contributed by atoms with Crippen molar-refractivity contribution < 1.29 is 22.7 Å². The summed E-state index contributed by atoms with van der Waals surface area (Å²) in [5.41, 5.74) is 0.479. The lowest BCUT2D eigenvalue weighted by Crippen LogP contribution is -2.40. The summed E-state index contributed by atoms with van der Waals surface area (Å²) >= 11 is 5.91. The fourth-order valence-electron chi connectivity index (χ4n) is 2.69. The lowest BCUT2D eigenvalue weighted by atomic mass is 10.3. The van der Waals surface area contributed by atoms with Crippen LogP contribution in [-0.4, -0.2) is 51.0 Å². The summed E-state index contributed by atoms with van der Waals surface area (Å²) < 4.78 is 37.4. The molecule has 0 saturated carbocycles. The standard InChI is InChI=1S/C19H21ClN2O5S/c1-14(27-17-4-2-3-15(20)13-17)19(23)21-16-5-7-18(8-6-16)28(24,25)22-9-11-26-12-10-22/h2-8,13-14H,9-12H2,1H3,(H,21,23)/t14-/m0/s1. The Morgan fingerprint density at radius 1 is 1.18 bits per heavy atom. The van der Waals surface area contributed by atoms with E-state index in [0.717, 1.165) is 0 Å². The molecule has 28 heavy (non-hydrogen) atoms. The number of halogens is 1. The molecule has 2 aromatic carbocycles. The molecule has 0 unspecified atom stereocenters. The van der Waals surface area contributed by atoms with Crippen molar-refractivity contribution >= 4 is 33.2 Å². The van der Waals surface area contributed by atoms with E-state index >= 15 is 0 Å². The maximum atomic E-state index is 12.6. The van der Waals surface area contributed by atoms with Gasteiger partial charge < -0.3 is 14.8 Å². The molecule has 0 aliphatic carbocycles. The van der Waals surface area contributed by atoms with E-state index in [1.165, 1.54) is 16.4 Å². The zero-order chi connectivity index (χ0) is 20.1. The highest BCUT2D eigenvalue weighted by atomic mass is 35.5. The van der Waals surface area contributed by atoms with E-state index in [9.17, 15) is 13.2 Å². The van der Waals surface area contributed by atoms with E-state index in [0.29, 0.717) is 42.8 Å². The molecule has 1 aliphatic heterocycles. The third kappa shape index (κ3) is 5.02. The Balaban J connectivity index is 1.62. The summed E-state index contributed by atoms with van der Waals surface area (Å²) in [7, 11) is -3.56. The average Bonchev–Trinajstić information content (AvgIpc) is 2.69. The van der Waals surface area contributed by atoms with Gasteiger partial charge in [0.15, 0.2) is 6.10 Å². The molecule has 0 radical (unpaired) electrons. The molecule has 7 nitrogen and oxygen atoms in total. The Morgan fingerprint density at radius 3 is 2.50 bits per heavy atom. The van der Waals surface area contributed by atoms with Crippen LogP contribution in [0.2, 0.25) is 5.02 Å². The van der Waals surface area contributed by atoms with Crippen LogP contribution in [-0.2, 0) is 19.6 Å². The molecule has 1 fully saturated rings. The van der Waals surface area contributed by atoms with E-state index in [1.54, 1.807) is 43.3 Å². The molecule has 0 aromatic heterocycles. The smallest absolute Gasteiger partial charge is 0.265 e. The Labute approximate surface area is 169 Å². The summed E-state index contributed by atoms with van der Waals surface area (Å²) in [6.45, 7) is 3.06. The second-order valence-electron chi connectivity index (χ2n) is 6.25. The highest BCUT2D eigenvalue weighted by Gasteiger charge is 2.26. The third-order valence-corrected chi connectivity index (χ3v) is 6.36. The first-order valence-corrected chi connectivity index (χ1v) is 10.6. The number of nitrogens with zero attached hydrogens (tertiary/aromatic N) is 1. The molecule has 9 heteroatoms. The lowest BCUT2D eigenvalue weighted by molar-refractivity contribution is -0.122. The zero-order valence-corrected chi connectivity index (χ0v) is 16.9. The van der Waals surface area contributed by atoms with Crippen molar-refractivity contribution in [2.45, 2.75) is 17.9 Å². The normalized spacial score (nSPS) is 16.4. The number of benzene rings is 2. The summed E-state index contributed by atoms with van der Waals surface area (Å²) in [4.78, 5) is 12.5. The molecule has 1 N–H and O–H groups in total. The van der Waals surface area contributed by atoms with E-state index in [1.807, 2.05) is 0 Å². The molecule has 1 aliphatic rings. The molecule has 1 amide bonds. The van der Waals surface area contributed by atoms with Gasteiger partial charge in [0.05, 0.1) is 18.1 Å². The van der Waals surface area contributed by atoms with E-state index in [4.69, 9.17) is 21.1 Å². The molecule has 1 heterocycles. The van der Waals surface area contributed by atoms with E-state index in [2.05, 4.69) is 5.32 Å². The minimum Gasteiger partial charge on any atom is -0.481 e. The minimum atomic E-state index is -3.56. The first-order chi connectivity index (χ1) is 13.4. The van der Waals surface area contributed by atoms with Gasteiger partial charge in [-0.1, -0.05) is 17.7 Å². The van der Waals surface area contributed by atoms with Crippen LogP contribution in [0.5, 0.6) is 5.75 Å². The second-order valence-corrected chi connectivity index (χ2v) is 8.62. The molecular formula is C19H21ClN2O5S. The fourth-order valence-corrected chi connectivity index (χ4v) is 4.28. The molecule has 3 rings (SSSR count). The number of morpholine rings is 1. The highest BCUT2D eigenvalue weighted by Crippen LogP contribution is 2.21. The quantitative estimate of drug-likeness (QED) is 0.770. The summed E-state index contributed by atoms with van der Waals surface area (Å²) in [5, 5.41) is 3.23. The number of hydrogen-bond acceptors (Lipinski definition) is 5. The van der Waals surface area contributed by atoms with Gasteiger partial charge in [-0.25, -0.2) is 8.42 Å². The predicted octanol–water partition coefficient (Wildman–Crippen LogP) is 2.77. The molecule has 1 atom stereocenters. The van der Waals surface area contributed by atoms with Crippen molar-refractivity contribution in [1.29, 1.82) is 0 Å². The van der Waals surface area contributed by atoms with Crippen molar-refractivity contribution in [2.24, 2.45) is 0 Å². The molecule has 2 aromatic rings. The largest absolute Gasteiger partial charge is 0.481 e. The number of hydrogen-bond donors (Lipinski definition) is 1. The van der Waals surface area contributed by atoms with Gasteiger partial charge in [0.1, 0.15) is 5.75 Å². The fraction of sp³-hybridized carbons (Fsp3) is 0.316. The van der Waals surface area contributed by atoms with Crippen molar-refractivity contribution in [3.63, 3.8) is 0 Å². The monoisotopic (exact) mass is 424 g/mol. The van der Waals surface area contributed by atoms with E-state index < -0.39 is 16.1 Å². The number of sulfonamides is 1. The van der Waals surface area contributed by atoms with E-state index in [-0.39, 0.29) is 10.8 Å². The van der Waals surface area contributed by atoms with Crippen molar-refractivity contribution in [1.82, 2.24) is 4.31 Å². The second kappa shape index (κ2) is 8.91. The molecule has 0 bridgehead atoms. The van der Waals surface area contributed by atoms with Crippen molar-refractivity contribution in [3.8, 4) is 5.75 Å². The van der Waals surface area contributed by atoms with Gasteiger partial charge in [0, 0.05) is 23.8 Å². The molecular weight excluding hydrogens is 404 g/mol. The Hall–Kier alpha value is -2.13. The van der Waals surface area contributed by atoms with Gasteiger partial charge in [-0.05, 0) is 49.4 Å². The van der Waals surface area contributed by atoms with Crippen molar-refractivity contribution in [3.05, 3.63) is 53.6 Å². The van der Waals surface area contributed by atoms with Gasteiger partial charge in [0.2, 0.25) is 10.0 Å². The number of rotatable bonds is 6. The Bertz CT molecular complexity index is 928.